The standard InChI is InChI=1S/C26H24ClNO4/c1-17(2)32-23-13-9-18(15-24(23)31-3)10-14-25(29)28-22-12-11-20(27)16-21(22)26(30)19-7-5-4-6-8-19/h4-17H,1-3H3,(H,28,29). The molecule has 0 atom stereocenters. The molecule has 0 heterocycles. The van der Waals surface area contributed by atoms with Crippen LogP contribution in [0.4, 0.5) is 5.69 Å². The van der Waals surface area contributed by atoms with E-state index in [2.05, 4.69) is 5.32 Å². The normalized spacial score (nSPS) is 10.9. The fourth-order valence-corrected chi connectivity index (χ4v) is 3.22. The van der Waals surface area contributed by atoms with Gasteiger partial charge in [0.05, 0.1) is 18.9 Å². The first-order valence-electron chi connectivity index (χ1n) is 10.1. The number of ketones is 1. The maximum Gasteiger partial charge on any atom is 0.248 e. The molecule has 3 aromatic carbocycles. The van der Waals surface area contributed by atoms with Crippen LogP contribution in [0, 0.1) is 0 Å². The lowest BCUT2D eigenvalue weighted by molar-refractivity contribution is -0.111. The van der Waals surface area contributed by atoms with Gasteiger partial charge in [0.1, 0.15) is 0 Å². The molecule has 0 fully saturated rings. The molecule has 0 aliphatic rings. The van der Waals surface area contributed by atoms with E-state index in [9.17, 15) is 9.59 Å². The number of hydrogen-bond acceptors (Lipinski definition) is 4. The van der Waals surface area contributed by atoms with Crippen molar-refractivity contribution in [2.24, 2.45) is 0 Å². The highest BCUT2D eigenvalue weighted by atomic mass is 35.5. The average molecular weight is 450 g/mol. The smallest absolute Gasteiger partial charge is 0.248 e. The number of rotatable bonds is 8. The SMILES string of the molecule is COc1cc(C=CC(=O)Nc2ccc(Cl)cc2C(=O)c2ccccc2)ccc1OC(C)C. The van der Waals surface area contributed by atoms with Gasteiger partial charge in [-0.2, -0.15) is 0 Å². The molecular weight excluding hydrogens is 426 g/mol. The van der Waals surface area contributed by atoms with Crippen LogP contribution in [0.5, 0.6) is 11.5 Å². The number of amides is 1. The summed E-state index contributed by atoms with van der Waals surface area (Å²) in [5.41, 5.74) is 1.99. The van der Waals surface area contributed by atoms with Crippen LogP contribution in [0.2, 0.25) is 5.02 Å². The summed E-state index contributed by atoms with van der Waals surface area (Å²) in [5.74, 6) is 0.609. The molecule has 32 heavy (non-hydrogen) atoms. The van der Waals surface area contributed by atoms with Crippen molar-refractivity contribution in [1.29, 1.82) is 0 Å². The highest BCUT2D eigenvalue weighted by molar-refractivity contribution is 6.31. The zero-order chi connectivity index (χ0) is 23.1. The Hall–Kier alpha value is -3.57. The number of halogens is 1. The van der Waals surface area contributed by atoms with Gasteiger partial charge in [-0.15, -0.1) is 0 Å². The first-order chi connectivity index (χ1) is 15.4. The summed E-state index contributed by atoms with van der Waals surface area (Å²) in [5, 5.41) is 3.17. The maximum absolute atomic E-state index is 12.9. The fourth-order valence-electron chi connectivity index (χ4n) is 3.04. The Kier molecular flexibility index (Phi) is 7.68. The minimum atomic E-state index is -0.379. The summed E-state index contributed by atoms with van der Waals surface area (Å²) in [4.78, 5) is 25.5. The lowest BCUT2D eigenvalue weighted by atomic mass is 10.0. The van der Waals surface area contributed by atoms with Gasteiger partial charge in [0.25, 0.3) is 0 Å². The van der Waals surface area contributed by atoms with Crippen LogP contribution in [-0.2, 0) is 4.79 Å². The van der Waals surface area contributed by atoms with Crippen molar-refractivity contribution in [3.05, 3.63) is 94.5 Å². The van der Waals surface area contributed by atoms with E-state index in [1.165, 1.54) is 6.08 Å². The zero-order valence-electron chi connectivity index (χ0n) is 18.1. The molecule has 0 radical (unpaired) electrons. The van der Waals surface area contributed by atoms with Gasteiger partial charge in [-0.25, -0.2) is 0 Å². The molecular formula is C26H24ClNO4. The number of nitrogens with one attached hydrogen (secondary N) is 1. The molecule has 3 aromatic rings. The van der Waals surface area contributed by atoms with E-state index in [1.807, 2.05) is 26.0 Å². The molecule has 0 saturated heterocycles. The van der Waals surface area contributed by atoms with Crippen molar-refractivity contribution in [2.45, 2.75) is 20.0 Å². The molecule has 0 saturated carbocycles. The van der Waals surface area contributed by atoms with Crippen molar-refractivity contribution in [3.8, 4) is 11.5 Å². The lowest BCUT2D eigenvalue weighted by Crippen LogP contribution is -2.12. The molecule has 5 nitrogen and oxygen atoms in total. The van der Waals surface area contributed by atoms with Crippen LogP contribution in [0.25, 0.3) is 6.08 Å². The fraction of sp³-hybridized carbons (Fsp3) is 0.154. The molecule has 1 amide bonds. The predicted molar refractivity (Wildman–Crippen MR) is 128 cm³/mol. The third kappa shape index (κ3) is 5.99. The first kappa shape index (κ1) is 23.1. The molecule has 6 heteroatoms. The minimum absolute atomic E-state index is 0.0169. The summed E-state index contributed by atoms with van der Waals surface area (Å²) >= 11 is 6.10. The second-order valence-electron chi connectivity index (χ2n) is 7.28. The molecule has 0 aliphatic carbocycles. The third-order valence-electron chi connectivity index (χ3n) is 4.50. The number of ether oxygens (including phenoxy) is 2. The second kappa shape index (κ2) is 10.6. The van der Waals surface area contributed by atoms with E-state index >= 15 is 0 Å². The Morgan fingerprint density at radius 1 is 0.969 bits per heavy atom. The highest BCUT2D eigenvalue weighted by Crippen LogP contribution is 2.29. The molecule has 0 unspecified atom stereocenters. The maximum atomic E-state index is 12.9. The number of carbonyl (C=O) groups excluding carboxylic acids is 2. The summed E-state index contributed by atoms with van der Waals surface area (Å²) in [6, 6.07) is 19.0. The van der Waals surface area contributed by atoms with E-state index in [4.69, 9.17) is 21.1 Å². The van der Waals surface area contributed by atoms with Crippen molar-refractivity contribution in [1.82, 2.24) is 0 Å². The number of methoxy groups -OCH3 is 1. The molecule has 0 bridgehead atoms. The van der Waals surface area contributed by atoms with Gasteiger partial charge in [0.2, 0.25) is 5.91 Å². The molecule has 0 spiro atoms. The molecule has 1 N–H and O–H groups in total. The number of anilines is 1. The summed E-state index contributed by atoms with van der Waals surface area (Å²) < 4.78 is 11.1. The quantitative estimate of drug-likeness (QED) is 0.337. The Balaban J connectivity index is 1.78. The van der Waals surface area contributed by atoms with E-state index in [0.29, 0.717) is 33.3 Å². The van der Waals surface area contributed by atoms with Crippen molar-refractivity contribution in [3.63, 3.8) is 0 Å². The average Bonchev–Trinajstić information content (AvgIpc) is 2.79. The van der Waals surface area contributed by atoms with Crippen LogP contribution in [0.3, 0.4) is 0 Å². The van der Waals surface area contributed by atoms with E-state index < -0.39 is 0 Å². The molecule has 0 aromatic heterocycles. The summed E-state index contributed by atoms with van der Waals surface area (Å²) in [7, 11) is 1.56. The largest absolute Gasteiger partial charge is 0.493 e. The van der Waals surface area contributed by atoms with E-state index in [0.717, 1.165) is 5.56 Å². The van der Waals surface area contributed by atoms with Crippen LogP contribution in [0.15, 0.2) is 72.8 Å². The summed E-state index contributed by atoms with van der Waals surface area (Å²) in [6.45, 7) is 3.87. The number of benzene rings is 3. The zero-order valence-corrected chi connectivity index (χ0v) is 18.8. The van der Waals surface area contributed by atoms with Crippen LogP contribution >= 0.6 is 11.6 Å². The Bertz CT molecular complexity index is 1140. The van der Waals surface area contributed by atoms with Gasteiger partial charge in [-0.3, -0.25) is 9.59 Å². The minimum Gasteiger partial charge on any atom is -0.493 e. The topological polar surface area (TPSA) is 64.6 Å². The molecule has 0 aliphatic heterocycles. The Labute approximate surface area is 192 Å². The van der Waals surface area contributed by atoms with Gasteiger partial charge in [-0.05, 0) is 55.8 Å². The van der Waals surface area contributed by atoms with Crippen molar-refractivity contribution >= 4 is 35.1 Å². The van der Waals surface area contributed by atoms with Gasteiger partial charge >= 0.3 is 0 Å². The monoisotopic (exact) mass is 449 g/mol. The molecule has 164 valence electrons. The second-order valence-corrected chi connectivity index (χ2v) is 7.72. The highest BCUT2D eigenvalue weighted by Gasteiger charge is 2.15. The van der Waals surface area contributed by atoms with Gasteiger partial charge in [0.15, 0.2) is 17.3 Å². The van der Waals surface area contributed by atoms with Crippen molar-refractivity contribution < 1.29 is 19.1 Å². The third-order valence-corrected chi connectivity index (χ3v) is 4.73. The first-order valence-corrected chi connectivity index (χ1v) is 10.5. The molecule has 3 rings (SSSR count). The Morgan fingerprint density at radius 2 is 1.72 bits per heavy atom. The van der Waals surface area contributed by atoms with E-state index in [1.54, 1.807) is 67.8 Å². The predicted octanol–water partition coefficient (Wildman–Crippen LogP) is 6.02. The van der Waals surface area contributed by atoms with Gasteiger partial charge in [-0.1, -0.05) is 48.0 Å². The Morgan fingerprint density at radius 3 is 2.41 bits per heavy atom. The van der Waals surface area contributed by atoms with Crippen LogP contribution < -0.4 is 14.8 Å². The van der Waals surface area contributed by atoms with Crippen molar-refractivity contribution in [2.75, 3.05) is 12.4 Å². The number of hydrogen-bond donors (Lipinski definition) is 1. The van der Waals surface area contributed by atoms with Crippen LogP contribution in [0.1, 0.15) is 35.3 Å². The lowest BCUT2D eigenvalue weighted by Gasteiger charge is -2.13. The van der Waals surface area contributed by atoms with E-state index in [-0.39, 0.29) is 17.8 Å². The number of carbonyl (C=O) groups is 2. The van der Waals surface area contributed by atoms with Crippen LogP contribution in [-0.4, -0.2) is 24.9 Å². The van der Waals surface area contributed by atoms with Gasteiger partial charge < -0.3 is 14.8 Å². The summed E-state index contributed by atoms with van der Waals surface area (Å²) in [6.07, 6.45) is 3.07. The van der Waals surface area contributed by atoms with Gasteiger partial charge in [0, 0.05) is 22.2 Å².